The first kappa shape index (κ1) is 19.7. The number of nitriles is 1. The zero-order valence-electron chi connectivity index (χ0n) is 17.2. The summed E-state index contributed by atoms with van der Waals surface area (Å²) in [4.78, 5) is 35.2. The van der Waals surface area contributed by atoms with E-state index in [1.54, 1.807) is 18.1 Å². The van der Waals surface area contributed by atoms with Gasteiger partial charge < -0.3 is 20.1 Å². The Balaban J connectivity index is 1.79. The van der Waals surface area contributed by atoms with Crippen molar-refractivity contribution < 1.29 is 9.59 Å². The highest BCUT2D eigenvalue weighted by atomic mass is 16.2. The molecule has 30 heavy (non-hydrogen) atoms. The zero-order valence-corrected chi connectivity index (χ0v) is 17.2. The number of H-pyrrole nitrogens is 1. The van der Waals surface area contributed by atoms with Crippen molar-refractivity contribution in [2.24, 2.45) is 5.92 Å². The van der Waals surface area contributed by atoms with Crippen molar-refractivity contribution in [2.75, 3.05) is 32.0 Å². The number of anilines is 1. The average molecular weight is 408 g/mol. The summed E-state index contributed by atoms with van der Waals surface area (Å²) in [6.45, 7) is 4.74. The number of aromatic amines is 1. The van der Waals surface area contributed by atoms with Crippen LogP contribution in [0.1, 0.15) is 26.3 Å². The first-order valence-corrected chi connectivity index (χ1v) is 9.89. The van der Waals surface area contributed by atoms with E-state index in [0.717, 1.165) is 28.4 Å². The summed E-state index contributed by atoms with van der Waals surface area (Å²) in [5.41, 5.74) is 1.62. The Bertz CT molecular complexity index is 1160. The molecule has 4 heterocycles. The van der Waals surface area contributed by atoms with Gasteiger partial charge in [-0.25, -0.2) is 9.78 Å². The van der Waals surface area contributed by atoms with Gasteiger partial charge in [-0.15, -0.1) is 0 Å². The van der Waals surface area contributed by atoms with Crippen LogP contribution < -0.4 is 5.32 Å². The lowest BCUT2D eigenvalue weighted by Gasteiger charge is -2.38. The molecule has 2 N–H and O–H groups in total. The summed E-state index contributed by atoms with van der Waals surface area (Å²) in [7, 11) is 1.63. The van der Waals surface area contributed by atoms with E-state index >= 15 is 0 Å². The Morgan fingerprint density at radius 2 is 2.23 bits per heavy atom. The lowest BCUT2D eigenvalue weighted by atomic mass is 9.93. The normalized spacial score (nSPS) is 19.1. The standard InChI is InChI=1S/C20H24N8O2/c1-12-5-8-27(20(30)26(3)9-6-21)11-16(12)28-17-14-4-7-22-18(14)23-10-15(17)19(25-28)24-13(2)29/h4,7,10,12,16H,5,8-9,11H2,1-3H3,(H,22,23)(H,24,25,29)/t12-,16+/m1/s1. The van der Waals surface area contributed by atoms with E-state index in [9.17, 15) is 9.59 Å². The van der Waals surface area contributed by atoms with Crippen LogP contribution in [0.4, 0.5) is 10.6 Å². The highest BCUT2D eigenvalue weighted by Crippen LogP contribution is 2.35. The largest absolute Gasteiger partial charge is 0.346 e. The molecule has 1 aliphatic heterocycles. The van der Waals surface area contributed by atoms with Crippen LogP contribution in [0.2, 0.25) is 0 Å². The summed E-state index contributed by atoms with van der Waals surface area (Å²) in [6.07, 6.45) is 4.35. The van der Waals surface area contributed by atoms with Crippen LogP contribution in [0, 0.1) is 17.2 Å². The predicted molar refractivity (Wildman–Crippen MR) is 112 cm³/mol. The molecule has 0 aliphatic carbocycles. The van der Waals surface area contributed by atoms with Crippen LogP contribution in [0.15, 0.2) is 18.5 Å². The highest BCUT2D eigenvalue weighted by molar-refractivity contribution is 6.08. The van der Waals surface area contributed by atoms with E-state index in [1.807, 2.05) is 23.0 Å². The fourth-order valence-corrected chi connectivity index (χ4v) is 4.08. The number of nitrogens with zero attached hydrogens (tertiary/aromatic N) is 6. The quantitative estimate of drug-likeness (QED) is 0.644. The number of nitrogens with one attached hydrogen (secondary N) is 2. The molecular weight excluding hydrogens is 384 g/mol. The Morgan fingerprint density at radius 3 is 2.97 bits per heavy atom. The molecule has 0 unspecified atom stereocenters. The maximum absolute atomic E-state index is 12.8. The van der Waals surface area contributed by atoms with Crippen molar-refractivity contribution >= 4 is 39.7 Å². The highest BCUT2D eigenvalue weighted by Gasteiger charge is 2.33. The Hall–Kier alpha value is -3.61. The van der Waals surface area contributed by atoms with Crippen molar-refractivity contribution in [3.05, 3.63) is 18.5 Å². The Labute approximate surface area is 173 Å². The van der Waals surface area contributed by atoms with Crippen molar-refractivity contribution in [3.63, 3.8) is 0 Å². The maximum atomic E-state index is 12.8. The molecular formula is C20H24N8O2. The first-order chi connectivity index (χ1) is 14.4. The number of piperidine rings is 1. The van der Waals surface area contributed by atoms with Gasteiger partial charge in [-0.1, -0.05) is 6.92 Å². The number of fused-ring (bicyclic) bond motifs is 3. The van der Waals surface area contributed by atoms with Gasteiger partial charge in [-0.3, -0.25) is 9.48 Å². The molecule has 0 radical (unpaired) electrons. The summed E-state index contributed by atoms with van der Waals surface area (Å²) in [5, 5.41) is 18.1. The van der Waals surface area contributed by atoms with Gasteiger partial charge in [0.2, 0.25) is 5.91 Å². The van der Waals surface area contributed by atoms with Gasteiger partial charge in [0.05, 0.1) is 23.0 Å². The molecule has 3 aromatic heterocycles. The number of amides is 3. The molecule has 0 saturated carbocycles. The number of hydrogen-bond acceptors (Lipinski definition) is 5. The minimum atomic E-state index is -0.206. The molecule has 2 atom stereocenters. The Kier molecular flexibility index (Phi) is 5.03. The lowest BCUT2D eigenvalue weighted by molar-refractivity contribution is -0.114. The zero-order chi connectivity index (χ0) is 21.4. The maximum Gasteiger partial charge on any atom is 0.320 e. The summed E-state index contributed by atoms with van der Waals surface area (Å²) in [6, 6.07) is 3.71. The van der Waals surface area contributed by atoms with Crippen molar-refractivity contribution in [3.8, 4) is 6.07 Å². The number of carbonyl (C=O) groups is 2. The second-order valence-corrected chi connectivity index (χ2v) is 7.81. The lowest BCUT2D eigenvalue weighted by Crippen LogP contribution is -2.48. The smallest absolute Gasteiger partial charge is 0.320 e. The molecule has 4 rings (SSSR count). The van der Waals surface area contributed by atoms with Gasteiger partial charge in [0.15, 0.2) is 5.82 Å². The van der Waals surface area contributed by atoms with Gasteiger partial charge >= 0.3 is 6.03 Å². The third-order valence-electron chi connectivity index (χ3n) is 5.68. The number of hydrogen-bond donors (Lipinski definition) is 2. The van der Waals surface area contributed by atoms with Gasteiger partial charge in [-0.05, 0) is 18.4 Å². The number of carbonyl (C=O) groups excluding carboxylic acids is 2. The van der Waals surface area contributed by atoms with Crippen LogP contribution in [0.5, 0.6) is 0 Å². The van der Waals surface area contributed by atoms with E-state index < -0.39 is 0 Å². The van der Waals surface area contributed by atoms with E-state index in [1.165, 1.54) is 11.8 Å². The fourth-order valence-electron chi connectivity index (χ4n) is 4.08. The molecule has 0 bridgehead atoms. The topological polar surface area (TPSA) is 123 Å². The van der Waals surface area contributed by atoms with E-state index in [0.29, 0.717) is 18.9 Å². The number of pyridine rings is 1. The van der Waals surface area contributed by atoms with Crippen LogP contribution in [0.3, 0.4) is 0 Å². The van der Waals surface area contributed by atoms with Gasteiger partial charge in [0.25, 0.3) is 0 Å². The van der Waals surface area contributed by atoms with Crippen LogP contribution in [0.25, 0.3) is 21.9 Å². The van der Waals surface area contributed by atoms with Crippen LogP contribution in [-0.2, 0) is 4.79 Å². The number of aromatic nitrogens is 4. The molecule has 0 spiro atoms. The molecule has 1 fully saturated rings. The van der Waals surface area contributed by atoms with Crippen molar-refractivity contribution in [1.82, 2.24) is 29.5 Å². The third kappa shape index (κ3) is 3.32. The second kappa shape index (κ2) is 7.67. The average Bonchev–Trinajstić information content (AvgIpc) is 3.32. The van der Waals surface area contributed by atoms with Crippen molar-refractivity contribution in [2.45, 2.75) is 26.3 Å². The number of rotatable bonds is 3. The van der Waals surface area contributed by atoms with E-state index in [-0.39, 0.29) is 30.4 Å². The monoisotopic (exact) mass is 408 g/mol. The third-order valence-corrected chi connectivity index (χ3v) is 5.68. The molecule has 156 valence electrons. The van der Waals surface area contributed by atoms with Gasteiger partial charge in [0.1, 0.15) is 12.2 Å². The Morgan fingerprint density at radius 1 is 1.43 bits per heavy atom. The summed E-state index contributed by atoms with van der Waals surface area (Å²) < 4.78 is 1.92. The first-order valence-electron chi connectivity index (χ1n) is 9.89. The molecule has 10 nitrogen and oxygen atoms in total. The van der Waals surface area contributed by atoms with Crippen LogP contribution >= 0.6 is 0 Å². The van der Waals surface area contributed by atoms with Crippen LogP contribution in [-0.4, -0.2) is 68.2 Å². The number of likely N-dealkylation sites (tertiary alicyclic amines) is 1. The fraction of sp³-hybridized carbons (Fsp3) is 0.450. The molecule has 3 amide bonds. The van der Waals surface area contributed by atoms with Gasteiger partial charge in [-0.2, -0.15) is 10.4 Å². The van der Waals surface area contributed by atoms with E-state index in [2.05, 4.69) is 22.2 Å². The summed E-state index contributed by atoms with van der Waals surface area (Å²) in [5.74, 6) is 0.526. The molecule has 10 heteroatoms. The SMILES string of the molecule is CC(=O)Nc1nn([C@H]2CN(C(=O)N(C)CC#N)CC[C@H]2C)c2c1cnc1[nH]ccc12. The van der Waals surface area contributed by atoms with Gasteiger partial charge in [0, 0.05) is 44.8 Å². The molecule has 1 aliphatic rings. The van der Waals surface area contributed by atoms with Crippen molar-refractivity contribution in [1.29, 1.82) is 5.26 Å². The minimum Gasteiger partial charge on any atom is -0.346 e. The second-order valence-electron chi connectivity index (χ2n) is 7.81. The molecule has 0 aromatic carbocycles. The molecule has 3 aromatic rings. The predicted octanol–water partition coefficient (Wildman–Crippen LogP) is 2.33. The minimum absolute atomic E-state index is 0.0442. The summed E-state index contributed by atoms with van der Waals surface area (Å²) >= 11 is 0. The number of urea groups is 1. The van der Waals surface area contributed by atoms with E-state index in [4.69, 9.17) is 10.4 Å². The molecule has 1 saturated heterocycles.